The average molecular weight is 185 g/mol. The highest BCUT2D eigenvalue weighted by atomic mass is 16.5. The van der Waals surface area contributed by atoms with Gasteiger partial charge >= 0.3 is 0 Å². The minimum atomic E-state index is 0.306. The van der Waals surface area contributed by atoms with Crippen LogP contribution >= 0.6 is 0 Å². The smallest absolute Gasteiger partial charge is 0.0655 e. The molecule has 13 heavy (non-hydrogen) atoms. The predicted molar refractivity (Wildman–Crippen MR) is 55.9 cm³/mol. The highest BCUT2D eigenvalue weighted by Crippen LogP contribution is 2.42. The van der Waals surface area contributed by atoms with Crippen LogP contribution in [0, 0.1) is 5.41 Å². The molecule has 1 saturated carbocycles. The Morgan fingerprint density at radius 1 is 1.46 bits per heavy atom. The Kier molecular flexibility index (Phi) is 3.36. The molecule has 2 nitrogen and oxygen atoms in total. The standard InChI is InChI=1S/C11H23NO/c1-6-13-10-7-9(11(10,4)5)12-8(2)3/h8-10,12H,6-7H2,1-5H3. The van der Waals surface area contributed by atoms with E-state index in [4.69, 9.17) is 4.74 Å². The van der Waals surface area contributed by atoms with Gasteiger partial charge in [-0.2, -0.15) is 0 Å². The molecular weight excluding hydrogens is 162 g/mol. The van der Waals surface area contributed by atoms with E-state index in [-0.39, 0.29) is 0 Å². The van der Waals surface area contributed by atoms with Gasteiger partial charge in [0.1, 0.15) is 0 Å². The van der Waals surface area contributed by atoms with Gasteiger partial charge in [-0.05, 0) is 13.3 Å². The lowest BCUT2D eigenvalue weighted by Gasteiger charge is -2.52. The molecule has 1 aliphatic carbocycles. The van der Waals surface area contributed by atoms with E-state index in [9.17, 15) is 0 Å². The molecule has 0 aromatic carbocycles. The first-order chi connectivity index (χ1) is 5.98. The number of rotatable bonds is 4. The summed E-state index contributed by atoms with van der Waals surface area (Å²) in [7, 11) is 0. The van der Waals surface area contributed by atoms with Gasteiger partial charge < -0.3 is 10.1 Å². The van der Waals surface area contributed by atoms with Crippen LogP contribution in [0.3, 0.4) is 0 Å². The van der Waals surface area contributed by atoms with Crippen molar-refractivity contribution >= 4 is 0 Å². The Balaban J connectivity index is 2.39. The van der Waals surface area contributed by atoms with E-state index in [0.29, 0.717) is 23.6 Å². The second-order valence-corrected chi connectivity index (χ2v) is 4.88. The van der Waals surface area contributed by atoms with Crippen LogP contribution in [0.1, 0.15) is 41.0 Å². The number of ether oxygens (including phenoxy) is 1. The molecule has 0 radical (unpaired) electrons. The summed E-state index contributed by atoms with van der Waals surface area (Å²) in [5, 5.41) is 3.58. The molecule has 0 saturated heterocycles. The van der Waals surface area contributed by atoms with Gasteiger partial charge in [-0.1, -0.05) is 27.7 Å². The largest absolute Gasteiger partial charge is 0.378 e. The first-order valence-electron chi connectivity index (χ1n) is 5.36. The molecule has 0 heterocycles. The molecule has 2 unspecified atom stereocenters. The van der Waals surface area contributed by atoms with Crippen molar-refractivity contribution in [1.29, 1.82) is 0 Å². The Labute approximate surface area is 82.0 Å². The van der Waals surface area contributed by atoms with E-state index < -0.39 is 0 Å². The molecule has 1 fully saturated rings. The van der Waals surface area contributed by atoms with Crippen LogP contribution in [-0.4, -0.2) is 24.8 Å². The molecule has 0 bridgehead atoms. The second kappa shape index (κ2) is 3.97. The monoisotopic (exact) mass is 185 g/mol. The van der Waals surface area contributed by atoms with E-state index in [1.54, 1.807) is 0 Å². The molecule has 0 aromatic rings. The molecule has 0 amide bonds. The SMILES string of the molecule is CCOC1CC(NC(C)C)C1(C)C. The van der Waals surface area contributed by atoms with Crippen LogP contribution in [0.15, 0.2) is 0 Å². The van der Waals surface area contributed by atoms with Crippen LogP contribution in [0.2, 0.25) is 0 Å². The Hall–Kier alpha value is -0.0800. The van der Waals surface area contributed by atoms with Crippen molar-refractivity contribution in [2.45, 2.75) is 59.2 Å². The fourth-order valence-corrected chi connectivity index (χ4v) is 2.05. The summed E-state index contributed by atoms with van der Waals surface area (Å²) < 4.78 is 5.66. The van der Waals surface area contributed by atoms with E-state index in [0.717, 1.165) is 6.61 Å². The summed E-state index contributed by atoms with van der Waals surface area (Å²) in [6.07, 6.45) is 1.62. The minimum Gasteiger partial charge on any atom is -0.378 e. The van der Waals surface area contributed by atoms with Gasteiger partial charge in [-0.3, -0.25) is 0 Å². The second-order valence-electron chi connectivity index (χ2n) is 4.88. The third-order valence-electron chi connectivity index (χ3n) is 3.08. The molecule has 1 N–H and O–H groups in total. The van der Waals surface area contributed by atoms with E-state index in [1.807, 2.05) is 0 Å². The molecule has 1 aliphatic rings. The lowest BCUT2D eigenvalue weighted by atomic mass is 9.64. The van der Waals surface area contributed by atoms with Crippen molar-refractivity contribution in [1.82, 2.24) is 5.32 Å². The first-order valence-corrected chi connectivity index (χ1v) is 5.36. The summed E-state index contributed by atoms with van der Waals surface area (Å²) in [6, 6.07) is 1.20. The molecular formula is C11H23NO. The lowest BCUT2D eigenvalue weighted by Crippen LogP contribution is -2.62. The molecule has 0 aliphatic heterocycles. The highest BCUT2D eigenvalue weighted by Gasteiger charge is 2.48. The lowest BCUT2D eigenvalue weighted by molar-refractivity contribution is -0.115. The van der Waals surface area contributed by atoms with Crippen molar-refractivity contribution in [2.75, 3.05) is 6.61 Å². The first kappa shape index (κ1) is 11.0. The quantitative estimate of drug-likeness (QED) is 0.725. The van der Waals surface area contributed by atoms with Crippen LogP contribution < -0.4 is 5.32 Å². The Bertz CT molecular complexity index is 165. The predicted octanol–water partition coefficient (Wildman–Crippen LogP) is 2.19. The molecule has 0 aromatic heterocycles. The molecule has 0 spiro atoms. The number of nitrogens with one attached hydrogen (secondary N) is 1. The van der Waals surface area contributed by atoms with Crippen molar-refractivity contribution in [3.63, 3.8) is 0 Å². The Morgan fingerprint density at radius 3 is 2.46 bits per heavy atom. The van der Waals surface area contributed by atoms with Crippen LogP contribution in [-0.2, 0) is 4.74 Å². The molecule has 2 atom stereocenters. The maximum absolute atomic E-state index is 5.66. The topological polar surface area (TPSA) is 21.3 Å². The summed E-state index contributed by atoms with van der Waals surface area (Å²) in [5.41, 5.74) is 0.306. The summed E-state index contributed by atoms with van der Waals surface area (Å²) >= 11 is 0. The Morgan fingerprint density at radius 2 is 2.08 bits per heavy atom. The van der Waals surface area contributed by atoms with E-state index >= 15 is 0 Å². The van der Waals surface area contributed by atoms with Crippen molar-refractivity contribution in [3.8, 4) is 0 Å². The molecule has 2 heteroatoms. The molecule has 1 rings (SSSR count). The van der Waals surface area contributed by atoms with Gasteiger partial charge in [-0.25, -0.2) is 0 Å². The van der Waals surface area contributed by atoms with E-state index in [2.05, 4.69) is 39.9 Å². The van der Waals surface area contributed by atoms with Crippen molar-refractivity contribution in [2.24, 2.45) is 5.41 Å². The van der Waals surface area contributed by atoms with Gasteiger partial charge in [-0.15, -0.1) is 0 Å². The zero-order valence-corrected chi connectivity index (χ0v) is 9.55. The van der Waals surface area contributed by atoms with Gasteiger partial charge in [0.15, 0.2) is 0 Å². The maximum atomic E-state index is 5.66. The van der Waals surface area contributed by atoms with Crippen LogP contribution in [0.5, 0.6) is 0 Å². The zero-order valence-electron chi connectivity index (χ0n) is 9.55. The fraction of sp³-hybridized carbons (Fsp3) is 1.00. The normalized spacial score (nSPS) is 31.8. The minimum absolute atomic E-state index is 0.306. The van der Waals surface area contributed by atoms with Crippen LogP contribution in [0.4, 0.5) is 0 Å². The molecule has 78 valence electrons. The van der Waals surface area contributed by atoms with Gasteiger partial charge in [0.05, 0.1) is 6.10 Å². The fourth-order valence-electron chi connectivity index (χ4n) is 2.05. The average Bonchev–Trinajstić information content (AvgIpc) is 2.02. The van der Waals surface area contributed by atoms with Crippen molar-refractivity contribution < 1.29 is 4.74 Å². The third kappa shape index (κ3) is 2.23. The zero-order chi connectivity index (χ0) is 10.1. The van der Waals surface area contributed by atoms with E-state index in [1.165, 1.54) is 6.42 Å². The summed E-state index contributed by atoms with van der Waals surface area (Å²) in [6.45, 7) is 11.9. The number of hydrogen-bond donors (Lipinski definition) is 1. The summed E-state index contributed by atoms with van der Waals surface area (Å²) in [5.74, 6) is 0. The number of hydrogen-bond acceptors (Lipinski definition) is 2. The van der Waals surface area contributed by atoms with Crippen LogP contribution in [0.25, 0.3) is 0 Å². The maximum Gasteiger partial charge on any atom is 0.0655 e. The van der Waals surface area contributed by atoms with Gasteiger partial charge in [0, 0.05) is 24.1 Å². The van der Waals surface area contributed by atoms with Gasteiger partial charge in [0.25, 0.3) is 0 Å². The summed E-state index contributed by atoms with van der Waals surface area (Å²) in [4.78, 5) is 0. The van der Waals surface area contributed by atoms with Gasteiger partial charge in [0.2, 0.25) is 0 Å². The van der Waals surface area contributed by atoms with Crippen molar-refractivity contribution in [3.05, 3.63) is 0 Å². The highest BCUT2D eigenvalue weighted by molar-refractivity contribution is 5.03. The third-order valence-corrected chi connectivity index (χ3v) is 3.08.